The van der Waals surface area contributed by atoms with E-state index in [4.69, 9.17) is 9.84 Å². The van der Waals surface area contributed by atoms with E-state index < -0.39 is 10.0 Å². The highest BCUT2D eigenvalue weighted by Crippen LogP contribution is 2.25. The molecule has 2 rings (SSSR count). The highest BCUT2D eigenvalue weighted by atomic mass is 32.2. The zero-order chi connectivity index (χ0) is 15.5. The minimum atomic E-state index is -3.59. The Labute approximate surface area is 128 Å². The van der Waals surface area contributed by atoms with Crippen molar-refractivity contribution in [3.63, 3.8) is 0 Å². The molecule has 0 atom stereocenters. The quantitative estimate of drug-likeness (QED) is 0.851. The van der Waals surface area contributed by atoms with Gasteiger partial charge in [0, 0.05) is 16.3 Å². The van der Waals surface area contributed by atoms with E-state index in [1.54, 1.807) is 26.2 Å². The molecule has 0 saturated heterocycles. The number of benzene rings is 1. The minimum absolute atomic E-state index is 0.156. The van der Waals surface area contributed by atoms with Crippen LogP contribution in [0, 0.1) is 6.92 Å². The molecule has 114 valence electrons. The van der Waals surface area contributed by atoms with Gasteiger partial charge in [-0.2, -0.15) is 0 Å². The molecule has 0 saturated carbocycles. The van der Waals surface area contributed by atoms with Crippen LogP contribution in [0.2, 0.25) is 0 Å². The summed E-state index contributed by atoms with van der Waals surface area (Å²) in [5.74, 6) is 0.681. The maximum Gasteiger partial charge on any atom is 0.241 e. The first-order chi connectivity index (χ1) is 9.96. The number of rotatable bonds is 6. The molecule has 7 heteroatoms. The van der Waals surface area contributed by atoms with Gasteiger partial charge in [0.2, 0.25) is 10.0 Å². The first-order valence-electron chi connectivity index (χ1n) is 6.29. The van der Waals surface area contributed by atoms with Crippen molar-refractivity contribution in [1.29, 1.82) is 0 Å². The summed E-state index contributed by atoms with van der Waals surface area (Å²) in [5, 5.41) is 9.09. The highest BCUT2D eigenvalue weighted by molar-refractivity contribution is 7.89. The van der Waals surface area contributed by atoms with E-state index in [0.29, 0.717) is 15.5 Å². The second kappa shape index (κ2) is 6.57. The first kappa shape index (κ1) is 16.0. The van der Waals surface area contributed by atoms with Gasteiger partial charge in [-0.15, -0.1) is 11.3 Å². The van der Waals surface area contributed by atoms with E-state index in [-0.39, 0.29) is 18.0 Å². The fourth-order valence-corrected chi connectivity index (χ4v) is 4.42. The Kier molecular flexibility index (Phi) is 5.00. The molecular weight excluding hydrogens is 310 g/mol. The molecular formula is C14H17NO4S2. The lowest BCUT2D eigenvalue weighted by atomic mass is 10.2. The second-order valence-corrected chi connectivity index (χ2v) is 7.54. The zero-order valence-corrected chi connectivity index (χ0v) is 13.4. The van der Waals surface area contributed by atoms with Gasteiger partial charge in [-0.25, -0.2) is 13.1 Å². The van der Waals surface area contributed by atoms with E-state index in [1.807, 2.05) is 12.1 Å². The van der Waals surface area contributed by atoms with Crippen LogP contribution < -0.4 is 9.46 Å². The topological polar surface area (TPSA) is 75.6 Å². The fraction of sp³-hybridized carbons (Fsp3) is 0.286. The maximum absolute atomic E-state index is 12.3. The summed E-state index contributed by atoms with van der Waals surface area (Å²) in [4.78, 5) is 1.52. The normalized spacial score (nSPS) is 11.6. The minimum Gasteiger partial charge on any atom is -0.497 e. The molecule has 0 amide bonds. The van der Waals surface area contributed by atoms with Gasteiger partial charge in [-0.05, 0) is 30.7 Å². The molecule has 0 aliphatic heterocycles. The third kappa shape index (κ3) is 3.82. The van der Waals surface area contributed by atoms with Gasteiger partial charge in [0.05, 0.1) is 18.6 Å². The van der Waals surface area contributed by atoms with Crippen molar-refractivity contribution in [2.24, 2.45) is 0 Å². The maximum atomic E-state index is 12.3. The molecule has 1 heterocycles. The number of nitrogens with one attached hydrogen (secondary N) is 1. The number of thiophene rings is 1. The molecule has 1 aromatic heterocycles. The molecule has 0 aliphatic carbocycles. The molecule has 0 spiro atoms. The summed E-state index contributed by atoms with van der Waals surface area (Å²) in [7, 11) is -2.03. The number of aryl methyl sites for hydroxylation is 1. The van der Waals surface area contributed by atoms with Crippen molar-refractivity contribution >= 4 is 21.4 Å². The second-order valence-electron chi connectivity index (χ2n) is 4.47. The summed E-state index contributed by atoms with van der Waals surface area (Å²) in [6.45, 7) is 1.75. The van der Waals surface area contributed by atoms with Crippen LogP contribution in [0.15, 0.2) is 35.2 Å². The Bertz CT molecular complexity index is 722. The summed E-state index contributed by atoms with van der Waals surface area (Å²) >= 11 is 1.28. The number of methoxy groups -OCH3 is 1. The van der Waals surface area contributed by atoms with Crippen molar-refractivity contribution < 1.29 is 18.3 Å². The van der Waals surface area contributed by atoms with Crippen LogP contribution in [0.4, 0.5) is 0 Å². The Morgan fingerprint density at radius 2 is 2.10 bits per heavy atom. The summed E-state index contributed by atoms with van der Waals surface area (Å²) in [5.41, 5.74) is 0.813. The van der Waals surface area contributed by atoms with E-state index in [2.05, 4.69) is 4.72 Å². The Hall–Kier alpha value is -1.41. The van der Waals surface area contributed by atoms with Gasteiger partial charge >= 0.3 is 0 Å². The lowest BCUT2D eigenvalue weighted by molar-refractivity contribution is 0.285. The molecule has 2 aromatic rings. The van der Waals surface area contributed by atoms with E-state index in [9.17, 15) is 8.42 Å². The van der Waals surface area contributed by atoms with Crippen LogP contribution in [0.5, 0.6) is 5.75 Å². The summed E-state index contributed by atoms with van der Waals surface area (Å²) < 4.78 is 32.3. The Morgan fingerprint density at radius 3 is 2.71 bits per heavy atom. The smallest absolute Gasteiger partial charge is 0.241 e. The van der Waals surface area contributed by atoms with Gasteiger partial charge in [0.15, 0.2) is 0 Å². The Balaban J connectivity index is 2.15. The van der Waals surface area contributed by atoms with Crippen LogP contribution in [-0.4, -0.2) is 20.6 Å². The van der Waals surface area contributed by atoms with Crippen molar-refractivity contribution in [2.45, 2.75) is 25.0 Å². The lowest BCUT2D eigenvalue weighted by Gasteiger charge is -2.07. The van der Waals surface area contributed by atoms with Crippen molar-refractivity contribution in [1.82, 2.24) is 4.72 Å². The molecule has 0 fully saturated rings. The molecule has 0 radical (unpaired) electrons. The van der Waals surface area contributed by atoms with Crippen molar-refractivity contribution in [2.75, 3.05) is 7.11 Å². The number of sulfonamides is 1. The van der Waals surface area contributed by atoms with E-state index in [0.717, 1.165) is 5.56 Å². The standard InChI is InChI=1S/C14H17NO4S2/c1-10-14(7-13(9-16)20-10)21(17,18)15-8-11-4-3-5-12(6-11)19-2/h3-7,15-16H,8-9H2,1-2H3. The number of aliphatic hydroxyl groups is 1. The number of hydrogen-bond donors (Lipinski definition) is 2. The summed E-state index contributed by atoms with van der Waals surface area (Å²) in [6, 6.07) is 8.72. The van der Waals surface area contributed by atoms with Gasteiger partial charge in [-0.1, -0.05) is 12.1 Å². The predicted molar refractivity (Wildman–Crippen MR) is 82.0 cm³/mol. The van der Waals surface area contributed by atoms with Crippen molar-refractivity contribution in [3.05, 3.63) is 45.6 Å². The zero-order valence-electron chi connectivity index (χ0n) is 11.8. The Morgan fingerprint density at radius 1 is 1.33 bits per heavy atom. The average Bonchev–Trinajstić information content (AvgIpc) is 2.87. The van der Waals surface area contributed by atoms with Gasteiger partial charge in [-0.3, -0.25) is 0 Å². The highest BCUT2D eigenvalue weighted by Gasteiger charge is 2.19. The summed E-state index contributed by atoms with van der Waals surface area (Å²) in [6.07, 6.45) is 0. The van der Waals surface area contributed by atoms with E-state index >= 15 is 0 Å². The monoisotopic (exact) mass is 327 g/mol. The van der Waals surface area contributed by atoms with Gasteiger partial charge in [0.1, 0.15) is 5.75 Å². The van der Waals surface area contributed by atoms with Crippen LogP contribution in [0.1, 0.15) is 15.3 Å². The van der Waals surface area contributed by atoms with Crippen LogP contribution in [0.3, 0.4) is 0 Å². The molecule has 5 nitrogen and oxygen atoms in total. The third-order valence-electron chi connectivity index (χ3n) is 2.97. The molecule has 2 N–H and O–H groups in total. The number of aliphatic hydroxyl groups excluding tert-OH is 1. The fourth-order valence-electron chi connectivity index (χ4n) is 1.91. The SMILES string of the molecule is COc1cccc(CNS(=O)(=O)c2cc(CO)sc2C)c1. The van der Waals surface area contributed by atoms with Crippen LogP contribution in [-0.2, 0) is 23.2 Å². The lowest BCUT2D eigenvalue weighted by Crippen LogP contribution is -2.23. The largest absolute Gasteiger partial charge is 0.497 e. The first-order valence-corrected chi connectivity index (χ1v) is 8.59. The van der Waals surface area contributed by atoms with Crippen LogP contribution >= 0.6 is 11.3 Å². The van der Waals surface area contributed by atoms with E-state index in [1.165, 1.54) is 17.4 Å². The van der Waals surface area contributed by atoms with Gasteiger partial charge in [0.25, 0.3) is 0 Å². The average molecular weight is 327 g/mol. The molecule has 0 aliphatic rings. The third-order valence-corrected chi connectivity index (χ3v) is 5.66. The molecule has 0 bridgehead atoms. The molecule has 1 aromatic carbocycles. The van der Waals surface area contributed by atoms with Gasteiger partial charge < -0.3 is 9.84 Å². The molecule has 21 heavy (non-hydrogen) atoms. The molecule has 0 unspecified atom stereocenters. The van der Waals surface area contributed by atoms with Crippen molar-refractivity contribution in [3.8, 4) is 5.75 Å². The predicted octanol–water partition coefficient (Wildman–Crippen LogP) is 2.04. The number of hydrogen-bond acceptors (Lipinski definition) is 5. The number of ether oxygens (including phenoxy) is 1. The van der Waals surface area contributed by atoms with Crippen LogP contribution in [0.25, 0.3) is 0 Å².